The molecule has 0 bridgehead atoms. The summed E-state index contributed by atoms with van der Waals surface area (Å²) in [5.74, 6) is 1.59. The lowest BCUT2D eigenvalue weighted by atomic mass is 9.88. The Labute approximate surface area is 96.0 Å². The van der Waals surface area contributed by atoms with E-state index in [2.05, 4.69) is 18.7 Å². The topological polar surface area (TPSA) is 29.3 Å². The number of anilines is 2. The van der Waals surface area contributed by atoms with E-state index >= 15 is 0 Å². The first-order chi connectivity index (χ1) is 7.08. The molecule has 0 saturated carbocycles. The van der Waals surface area contributed by atoms with Crippen molar-refractivity contribution in [3.8, 4) is 0 Å². The molecule has 1 aromatic carbocycles. The van der Waals surface area contributed by atoms with E-state index in [0.29, 0.717) is 10.7 Å². The third-order valence-electron chi connectivity index (χ3n) is 3.20. The van der Waals surface area contributed by atoms with Crippen molar-refractivity contribution in [3.05, 3.63) is 23.2 Å². The maximum absolute atomic E-state index is 5.99. The fraction of sp³-hybridized carbons (Fsp3) is 0.500. The molecule has 0 unspecified atom stereocenters. The van der Waals surface area contributed by atoms with Gasteiger partial charge in [-0.1, -0.05) is 25.4 Å². The number of rotatable bonds is 2. The van der Waals surface area contributed by atoms with Crippen molar-refractivity contribution in [2.24, 2.45) is 11.8 Å². The Morgan fingerprint density at radius 2 is 2.07 bits per heavy atom. The monoisotopic (exact) mass is 224 g/mol. The Balaban J connectivity index is 2.04. The highest BCUT2D eigenvalue weighted by molar-refractivity contribution is 6.33. The summed E-state index contributed by atoms with van der Waals surface area (Å²) in [7, 11) is 0. The van der Waals surface area contributed by atoms with Crippen LogP contribution in [-0.4, -0.2) is 13.1 Å². The summed E-state index contributed by atoms with van der Waals surface area (Å²) in [6.45, 7) is 6.83. The Hall–Kier alpha value is -0.890. The van der Waals surface area contributed by atoms with Gasteiger partial charge in [0.05, 0.1) is 10.7 Å². The van der Waals surface area contributed by atoms with Gasteiger partial charge in [-0.05, 0) is 30.0 Å². The Morgan fingerprint density at radius 3 is 2.60 bits per heavy atom. The van der Waals surface area contributed by atoms with E-state index in [0.717, 1.165) is 24.9 Å². The quantitative estimate of drug-likeness (QED) is 0.783. The Bertz CT molecular complexity index is 357. The van der Waals surface area contributed by atoms with Gasteiger partial charge in [0.25, 0.3) is 0 Å². The van der Waals surface area contributed by atoms with Gasteiger partial charge in [-0.25, -0.2) is 0 Å². The second-order valence-corrected chi connectivity index (χ2v) is 5.02. The first-order valence-corrected chi connectivity index (χ1v) is 5.75. The Kier molecular flexibility index (Phi) is 2.79. The average molecular weight is 225 g/mol. The van der Waals surface area contributed by atoms with Crippen LogP contribution in [0.5, 0.6) is 0 Å². The highest BCUT2D eigenvalue weighted by atomic mass is 35.5. The van der Waals surface area contributed by atoms with Crippen LogP contribution in [0.1, 0.15) is 13.8 Å². The second-order valence-electron chi connectivity index (χ2n) is 4.61. The van der Waals surface area contributed by atoms with E-state index < -0.39 is 0 Å². The number of nitrogens with zero attached hydrogens (tertiary/aromatic N) is 1. The van der Waals surface area contributed by atoms with Crippen molar-refractivity contribution < 1.29 is 0 Å². The number of nitrogens with two attached hydrogens (primary N) is 1. The maximum Gasteiger partial charge on any atom is 0.0656 e. The molecule has 1 saturated heterocycles. The summed E-state index contributed by atoms with van der Waals surface area (Å²) in [5, 5.41) is 0.653. The molecule has 3 heteroatoms. The van der Waals surface area contributed by atoms with E-state index in [1.165, 1.54) is 5.69 Å². The lowest BCUT2D eigenvalue weighted by Gasteiger charge is -2.43. The minimum Gasteiger partial charge on any atom is -0.398 e. The van der Waals surface area contributed by atoms with Crippen LogP contribution in [0, 0.1) is 11.8 Å². The highest BCUT2D eigenvalue weighted by Gasteiger charge is 2.29. The summed E-state index contributed by atoms with van der Waals surface area (Å²) in [6.07, 6.45) is 0. The highest BCUT2D eigenvalue weighted by Crippen LogP contribution is 2.32. The fourth-order valence-electron chi connectivity index (χ4n) is 1.86. The predicted octanol–water partition coefficient (Wildman–Crippen LogP) is 3.01. The van der Waals surface area contributed by atoms with Crippen molar-refractivity contribution >= 4 is 23.0 Å². The zero-order chi connectivity index (χ0) is 11.0. The molecule has 1 aromatic rings. The van der Waals surface area contributed by atoms with Gasteiger partial charge in [-0.2, -0.15) is 0 Å². The molecule has 0 atom stereocenters. The molecule has 82 valence electrons. The molecule has 0 aliphatic carbocycles. The Morgan fingerprint density at radius 1 is 1.40 bits per heavy atom. The van der Waals surface area contributed by atoms with E-state index in [4.69, 9.17) is 17.3 Å². The standard InChI is InChI=1S/C12H17ClN2/c1-8(2)9-6-15(7-9)10-3-4-12(14)11(13)5-10/h3-5,8-9H,6-7,14H2,1-2H3. The van der Waals surface area contributed by atoms with E-state index in [1.807, 2.05) is 18.2 Å². The molecule has 1 aliphatic heterocycles. The summed E-state index contributed by atoms with van der Waals surface area (Å²) in [6, 6.07) is 5.87. The van der Waals surface area contributed by atoms with E-state index in [9.17, 15) is 0 Å². The zero-order valence-corrected chi connectivity index (χ0v) is 9.96. The number of benzene rings is 1. The van der Waals surface area contributed by atoms with Gasteiger partial charge in [-0.15, -0.1) is 0 Å². The van der Waals surface area contributed by atoms with Gasteiger partial charge in [0, 0.05) is 18.8 Å². The van der Waals surface area contributed by atoms with Crippen LogP contribution in [0.3, 0.4) is 0 Å². The third kappa shape index (κ3) is 2.05. The van der Waals surface area contributed by atoms with Gasteiger partial charge < -0.3 is 10.6 Å². The minimum atomic E-state index is 0.653. The van der Waals surface area contributed by atoms with Gasteiger partial charge in [0.2, 0.25) is 0 Å². The molecule has 0 aromatic heterocycles. The summed E-state index contributed by atoms with van der Waals surface area (Å²) >= 11 is 5.99. The van der Waals surface area contributed by atoms with Crippen LogP contribution in [-0.2, 0) is 0 Å². The fourth-order valence-corrected chi connectivity index (χ4v) is 2.03. The summed E-state index contributed by atoms with van der Waals surface area (Å²) in [4.78, 5) is 2.34. The molecule has 2 N–H and O–H groups in total. The molecule has 1 aliphatic rings. The van der Waals surface area contributed by atoms with Crippen molar-refractivity contribution in [1.82, 2.24) is 0 Å². The molecular formula is C12H17ClN2. The number of halogens is 1. The average Bonchev–Trinajstić information content (AvgIpc) is 2.08. The van der Waals surface area contributed by atoms with Crippen LogP contribution >= 0.6 is 11.6 Å². The molecular weight excluding hydrogens is 208 g/mol. The van der Waals surface area contributed by atoms with Crippen molar-refractivity contribution in [3.63, 3.8) is 0 Å². The molecule has 2 nitrogen and oxygen atoms in total. The molecule has 0 amide bonds. The predicted molar refractivity (Wildman–Crippen MR) is 66.4 cm³/mol. The summed E-state index contributed by atoms with van der Waals surface area (Å²) < 4.78 is 0. The number of hydrogen-bond donors (Lipinski definition) is 1. The summed E-state index contributed by atoms with van der Waals surface area (Å²) in [5.41, 5.74) is 7.51. The van der Waals surface area contributed by atoms with Gasteiger partial charge in [0.1, 0.15) is 0 Å². The van der Waals surface area contributed by atoms with Gasteiger partial charge in [0.15, 0.2) is 0 Å². The van der Waals surface area contributed by atoms with Crippen molar-refractivity contribution in [2.75, 3.05) is 23.7 Å². The first kappa shape index (κ1) is 10.6. The number of hydrogen-bond acceptors (Lipinski definition) is 2. The normalized spacial score (nSPS) is 16.9. The zero-order valence-electron chi connectivity index (χ0n) is 9.20. The van der Waals surface area contributed by atoms with Crippen LogP contribution in [0.15, 0.2) is 18.2 Å². The molecule has 15 heavy (non-hydrogen) atoms. The van der Waals surface area contributed by atoms with Crippen molar-refractivity contribution in [1.29, 1.82) is 0 Å². The molecule has 1 fully saturated rings. The first-order valence-electron chi connectivity index (χ1n) is 5.38. The molecule has 0 spiro atoms. The van der Waals surface area contributed by atoms with Crippen molar-refractivity contribution in [2.45, 2.75) is 13.8 Å². The lowest BCUT2D eigenvalue weighted by molar-refractivity contribution is 0.310. The smallest absolute Gasteiger partial charge is 0.0656 e. The largest absolute Gasteiger partial charge is 0.398 e. The lowest BCUT2D eigenvalue weighted by Crippen LogP contribution is -2.49. The van der Waals surface area contributed by atoms with Gasteiger partial charge in [-0.3, -0.25) is 0 Å². The van der Waals surface area contributed by atoms with Crippen LogP contribution in [0.2, 0.25) is 5.02 Å². The third-order valence-corrected chi connectivity index (χ3v) is 3.53. The maximum atomic E-state index is 5.99. The van der Waals surface area contributed by atoms with E-state index in [-0.39, 0.29) is 0 Å². The van der Waals surface area contributed by atoms with Gasteiger partial charge >= 0.3 is 0 Å². The second kappa shape index (κ2) is 3.93. The molecule has 1 heterocycles. The number of nitrogen functional groups attached to an aromatic ring is 1. The van der Waals surface area contributed by atoms with Crippen LogP contribution in [0.4, 0.5) is 11.4 Å². The SMILES string of the molecule is CC(C)C1CN(c2ccc(N)c(Cl)c2)C1. The molecule has 2 rings (SSSR count). The minimum absolute atomic E-state index is 0.653. The van der Waals surface area contributed by atoms with E-state index in [1.54, 1.807) is 0 Å². The molecule has 0 radical (unpaired) electrons. The van der Waals surface area contributed by atoms with Crippen LogP contribution in [0.25, 0.3) is 0 Å². The van der Waals surface area contributed by atoms with Crippen LogP contribution < -0.4 is 10.6 Å².